The fourth-order valence-corrected chi connectivity index (χ4v) is 3.87. The van der Waals surface area contributed by atoms with Gasteiger partial charge in [0.15, 0.2) is 0 Å². The third-order valence-electron chi connectivity index (χ3n) is 2.86. The van der Waals surface area contributed by atoms with E-state index in [2.05, 4.69) is 37.0 Å². The molecule has 0 saturated carbocycles. The maximum absolute atomic E-state index is 10.4. The van der Waals surface area contributed by atoms with Crippen LogP contribution in [0.3, 0.4) is 0 Å². The quantitative estimate of drug-likeness (QED) is 0.670. The first-order chi connectivity index (χ1) is 10.1. The van der Waals surface area contributed by atoms with E-state index >= 15 is 0 Å². The average Bonchev–Trinajstić information content (AvgIpc) is 2.83. The Kier molecular flexibility index (Phi) is 6.75. The lowest BCUT2D eigenvalue weighted by Gasteiger charge is -2.14. The Morgan fingerprint density at radius 1 is 1.43 bits per heavy atom. The lowest BCUT2D eigenvalue weighted by atomic mass is 10.3. The molecule has 0 radical (unpaired) electrons. The summed E-state index contributed by atoms with van der Waals surface area (Å²) < 4.78 is 8.70. The van der Waals surface area contributed by atoms with E-state index in [9.17, 15) is 5.11 Å². The van der Waals surface area contributed by atoms with Gasteiger partial charge in [0.1, 0.15) is 6.10 Å². The highest BCUT2D eigenvalue weighted by Gasteiger charge is 2.18. The smallest absolute Gasteiger partial charge is 0.106 e. The number of thioether (sulfide) groups is 1. The molecular formula is C14H16Br2N2O2S. The predicted octanol–water partition coefficient (Wildman–Crippen LogP) is 3.88. The molecule has 0 amide bonds. The summed E-state index contributed by atoms with van der Waals surface area (Å²) in [4.78, 5) is 1.11. The van der Waals surface area contributed by atoms with E-state index < -0.39 is 6.10 Å². The highest BCUT2D eigenvalue weighted by atomic mass is 79.9. The van der Waals surface area contributed by atoms with Gasteiger partial charge in [-0.3, -0.25) is 4.68 Å². The monoisotopic (exact) mass is 434 g/mol. The SMILES string of the molecule is COCCn1ncc(Br)c1C(O)CSc1cccc(Br)c1. The summed E-state index contributed by atoms with van der Waals surface area (Å²) in [5.74, 6) is 0.563. The van der Waals surface area contributed by atoms with E-state index in [4.69, 9.17) is 4.74 Å². The van der Waals surface area contributed by atoms with Crippen molar-refractivity contribution in [1.82, 2.24) is 9.78 Å². The van der Waals surface area contributed by atoms with Gasteiger partial charge < -0.3 is 9.84 Å². The Morgan fingerprint density at radius 3 is 2.95 bits per heavy atom. The van der Waals surface area contributed by atoms with Gasteiger partial charge in [-0.05, 0) is 34.1 Å². The van der Waals surface area contributed by atoms with Crippen LogP contribution in [0.4, 0.5) is 0 Å². The number of methoxy groups -OCH3 is 1. The topological polar surface area (TPSA) is 47.3 Å². The van der Waals surface area contributed by atoms with Crippen molar-refractivity contribution in [3.05, 3.63) is 45.1 Å². The molecule has 0 bridgehead atoms. The molecular weight excluding hydrogens is 420 g/mol. The van der Waals surface area contributed by atoms with E-state index in [0.717, 1.165) is 19.5 Å². The van der Waals surface area contributed by atoms with Gasteiger partial charge in [-0.15, -0.1) is 11.8 Å². The molecule has 0 aliphatic rings. The lowest BCUT2D eigenvalue weighted by Crippen LogP contribution is -2.14. The first-order valence-corrected chi connectivity index (χ1v) is 8.95. The van der Waals surface area contributed by atoms with E-state index in [1.54, 1.807) is 29.8 Å². The minimum Gasteiger partial charge on any atom is -0.386 e. The molecule has 1 atom stereocenters. The number of hydrogen-bond acceptors (Lipinski definition) is 4. The minimum absolute atomic E-state index is 0.562. The van der Waals surface area contributed by atoms with Crippen LogP contribution in [0, 0.1) is 0 Å². The molecule has 2 aromatic rings. The molecule has 0 spiro atoms. The lowest BCUT2D eigenvalue weighted by molar-refractivity contribution is 0.166. The maximum Gasteiger partial charge on any atom is 0.106 e. The Hall–Kier alpha value is -0.340. The van der Waals surface area contributed by atoms with Gasteiger partial charge in [0.25, 0.3) is 0 Å². The molecule has 1 unspecified atom stereocenters. The largest absolute Gasteiger partial charge is 0.386 e. The number of benzene rings is 1. The van der Waals surface area contributed by atoms with Crippen molar-refractivity contribution in [3.63, 3.8) is 0 Å². The highest BCUT2D eigenvalue weighted by molar-refractivity contribution is 9.10. The standard InChI is InChI=1S/C14H16Br2N2O2S/c1-20-6-5-18-14(12(16)8-17-18)13(19)9-21-11-4-2-3-10(15)7-11/h2-4,7-8,13,19H,5-6,9H2,1H3. The number of rotatable bonds is 7. The Balaban J connectivity index is 2.02. The number of nitrogens with zero attached hydrogens (tertiary/aromatic N) is 2. The number of aliphatic hydroxyl groups excluding tert-OH is 1. The number of ether oxygens (including phenoxy) is 1. The Morgan fingerprint density at radius 2 is 2.24 bits per heavy atom. The van der Waals surface area contributed by atoms with E-state index in [-0.39, 0.29) is 0 Å². The van der Waals surface area contributed by atoms with Crippen LogP contribution in [0.5, 0.6) is 0 Å². The minimum atomic E-state index is -0.595. The van der Waals surface area contributed by atoms with Crippen molar-refractivity contribution >= 4 is 43.6 Å². The van der Waals surface area contributed by atoms with Gasteiger partial charge in [-0.1, -0.05) is 22.0 Å². The van der Waals surface area contributed by atoms with E-state index in [0.29, 0.717) is 18.9 Å². The number of hydrogen-bond donors (Lipinski definition) is 1. The van der Waals surface area contributed by atoms with Crippen molar-refractivity contribution in [2.45, 2.75) is 17.5 Å². The third kappa shape index (κ3) is 4.82. The summed E-state index contributed by atoms with van der Waals surface area (Å²) in [6, 6.07) is 8.03. The van der Waals surface area contributed by atoms with Gasteiger partial charge in [0.05, 0.1) is 29.5 Å². The van der Waals surface area contributed by atoms with Crippen LogP contribution in [-0.2, 0) is 11.3 Å². The second kappa shape index (κ2) is 8.33. The van der Waals surface area contributed by atoms with Crippen LogP contribution in [0.2, 0.25) is 0 Å². The zero-order chi connectivity index (χ0) is 15.2. The predicted molar refractivity (Wildman–Crippen MR) is 91.6 cm³/mol. The summed E-state index contributed by atoms with van der Waals surface area (Å²) in [6.45, 7) is 1.18. The summed E-state index contributed by atoms with van der Waals surface area (Å²) in [7, 11) is 1.65. The zero-order valence-electron chi connectivity index (χ0n) is 11.5. The second-order valence-electron chi connectivity index (χ2n) is 4.38. The molecule has 1 N–H and O–H groups in total. The molecule has 21 heavy (non-hydrogen) atoms. The van der Waals surface area contributed by atoms with E-state index in [1.807, 2.05) is 24.3 Å². The van der Waals surface area contributed by atoms with Gasteiger partial charge in [0.2, 0.25) is 0 Å². The number of aromatic nitrogens is 2. The molecule has 0 aliphatic heterocycles. The molecule has 0 aliphatic carbocycles. The molecule has 1 heterocycles. The van der Waals surface area contributed by atoms with Crippen LogP contribution >= 0.6 is 43.6 Å². The zero-order valence-corrected chi connectivity index (χ0v) is 15.5. The summed E-state index contributed by atoms with van der Waals surface area (Å²) in [6.07, 6.45) is 1.11. The maximum atomic E-state index is 10.4. The second-order valence-corrected chi connectivity index (χ2v) is 7.24. The van der Waals surface area contributed by atoms with Crippen molar-refractivity contribution in [3.8, 4) is 0 Å². The number of aliphatic hydroxyl groups is 1. The molecule has 114 valence electrons. The Labute approximate surface area is 145 Å². The van der Waals surface area contributed by atoms with Crippen LogP contribution < -0.4 is 0 Å². The molecule has 2 rings (SSSR count). The van der Waals surface area contributed by atoms with E-state index in [1.165, 1.54) is 0 Å². The normalized spacial score (nSPS) is 12.6. The van der Waals surface area contributed by atoms with Crippen LogP contribution in [0.15, 0.2) is 44.3 Å². The summed E-state index contributed by atoms with van der Waals surface area (Å²) in [5.41, 5.74) is 0.787. The van der Waals surface area contributed by atoms with Crippen LogP contribution in [0.25, 0.3) is 0 Å². The van der Waals surface area contributed by atoms with Gasteiger partial charge in [-0.25, -0.2) is 0 Å². The number of halogens is 2. The van der Waals surface area contributed by atoms with Crippen molar-refractivity contribution in [1.29, 1.82) is 0 Å². The highest BCUT2D eigenvalue weighted by Crippen LogP contribution is 2.30. The van der Waals surface area contributed by atoms with Crippen LogP contribution in [-0.4, -0.2) is 34.4 Å². The fraction of sp³-hybridized carbons (Fsp3) is 0.357. The van der Waals surface area contributed by atoms with Gasteiger partial charge in [0, 0.05) is 22.2 Å². The first kappa shape index (κ1) is 17.0. The van der Waals surface area contributed by atoms with Crippen LogP contribution in [0.1, 0.15) is 11.8 Å². The first-order valence-electron chi connectivity index (χ1n) is 6.38. The molecule has 0 fully saturated rings. The summed E-state index contributed by atoms with van der Waals surface area (Å²) in [5, 5.41) is 14.7. The van der Waals surface area contributed by atoms with Crippen molar-refractivity contribution in [2.75, 3.05) is 19.5 Å². The summed E-state index contributed by atoms with van der Waals surface area (Å²) >= 11 is 8.50. The Bertz CT molecular complexity index is 592. The molecule has 0 saturated heterocycles. The van der Waals surface area contributed by atoms with Gasteiger partial charge in [-0.2, -0.15) is 5.10 Å². The van der Waals surface area contributed by atoms with Crippen molar-refractivity contribution in [2.24, 2.45) is 0 Å². The van der Waals surface area contributed by atoms with Gasteiger partial charge >= 0.3 is 0 Å². The molecule has 1 aromatic heterocycles. The molecule has 7 heteroatoms. The van der Waals surface area contributed by atoms with Crippen molar-refractivity contribution < 1.29 is 9.84 Å². The fourth-order valence-electron chi connectivity index (χ4n) is 1.87. The average molecular weight is 436 g/mol. The molecule has 1 aromatic carbocycles. The molecule has 4 nitrogen and oxygen atoms in total. The third-order valence-corrected chi connectivity index (χ3v) is 5.03.